The highest BCUT2D eigenvalue weighted by Crippen LogP contribution is 2.31. The predicted molar refractivity (Wildman–Crippen MR) is 133 cm³/mol. The number of ether oxygens (including phenoxy) is 2. The van der Waals surface area contributed by atoms with Gasteiger partial charge in [0.05, 0.1) is 18.8 Å². The summed E-state index contributed by atoms with van der Waals surface area (Å²) in [6, 6.07) is 5.23. The number of halogens is 1. The van der Waals surface area contributed by atoms with Crippen LogP contribution in [0.15, 0.2) is 39.8 Å². The Kier molecular flexibility index (Phi) is 9.94. The summed E-state index contributed by atoms with van der Waals surface area (Å²) in [7, 11) is 0. The van der Waals surface area contributed by atoms with E-state index in [-0.39, 0.29) is 23.6 Å². The van der Waals surface area contributed by atoms with E-state index in [1.807, 2.05) is 6.92 Å². The van der Waals surface area contributed by atoms with Crippen LogP contribution in [0.1, 0.15) is 57.4 Å². The number of nitrogens with zero attached hydrogens (tertiary/aromatic N) is 2. The smallest absolute Gasteiger partial charge is 0.244 e. The van der Waals surface area contributed by atoms with E-state index in [1.165, 1.54) is 0 Å². The molecule has 1 saturated heterocycles. The van der Waals surface area contributed by atoms with Gasteiger partial charge in [-0.3, -0.25) is 9.59 Å². The lowest BCUT2D eigenvalue weighted by molar-refractivity contribution is -0.126. The molecule has 0 aromatic heterocycles. The third kappa shape index (κ3) is 7.06. The zero-order valence-corrected chi connectivity index (χ0v) is 20.4. The second kappa shape index (κ2) is 13.1. The first-order chi connectivity index (χ1) is 16.5. The van der Waals surface area contributed by atoms with Gasteiger partial charge in [-0.2, -0.15) is 5.10 Å². The van der Waals surface area contributed by atoms with Gasteiger partial charge in [0.25, 0.3) is 0 Å². The Hall–Kier alpha value is -2.87. The van der Waals surface area contributed by atoms with Crippen LogP contribution in [0.2, 0.25) is 5.02 Å². The summed E-state index contributed by atoms with van der Waals surface area (Å²) >= 11 is 6.18. The Morgan fingerprint density at radius 1 is 1.32 bits per heavy atom. The van der Waals surface area contributed by atoms with E-state index in [4.69, 9.17) is 21.1 Å². The molecule has 0 spiro atoms. The standard InChI is InChI=1S/C25H33ClN4O4/c1-3-33-23-11-10-19(26)14-20(23)25(30-27-2)34-16-17-7-6-8-18(13-17)24(32)29-22(15-31)21-9-4-5-12-28-21/h10-11,14-15,17-18,28H,2-9,12-13,16H2,1H3,(H,29,32)/b22-21+,30-25-. The van der Waals surface area contributed by atoms with Crippen molar-refractivity contribution in [3.05, 3.63) is 40.2 Å². The summed E-state index contributed by atoms with van der Waals surface area (Å²) in [6.45, 7) is 7.02. The molecule has 9 heteroatoms. The van der Waals surface area contributed by atoms with Crippen molar-refractivity contribution in [3.63, 3.8) is 0 Å². The quantitative estimate of drug-likeness (QED) is 0.178. The van der Waals surface area contributed by atoms with E-state index in [0.717, 1.165) is 57.1 Å². The number of benzene rings is 1. The Morgan fingerprint density at radius 2 is 2.18 bits per heavy atom. The van der Waals surface area contributed by atoms with Crippen LogP contribution >= 0.6 is 11.6 Å². The summed E-state index contributed by atoms with van der Waals surface area (Å²) < 4.78 is 11.7. The highest BCUT2D eigenvalue weighted by Gasteiger charge is 2.29. The second-order valence-electron chi connectivity index (χ2n) is 8.54. The van der Waals surface area contributed by atoms with Gasteiger partial charge in [0, 0.05) is 29.9 Å². The predicted octanol–water partition coefficient (Wildman–Crippen LogP) is 4.22. The van der Waals surface area contributed by atoms with Gasteiger partial charge in [0.15, 0.2) is 6.29 Å². The fourth-order valence-electron chi connectivity index (χ4n) is 4.45. The van der Waals surface area contributed by atoms with Crippen LogP contribution in [0, 0.1) is 11.8 Å². The average Bonchev–Trinajstić information content (AvgIpc) is 2.87. The molecule has 1 saturated carbocycles. The van der Waals surface area contributed by atoms with Crippen LogP contribution in [0.25, 0.3) is 0 Å². The number of piperidine rings is 1. The van der Waals surface area contributed by atoms with Crippen LogP contribution in [0.5, 0.6) is 5.75 Å². The van der Waals surface area contributed by atoms with Crippen molar-refractivity contribution in [1.29, 1.82) is 0 Å². The molecule has 1 amide bonds. The molecule has 0 bridgehead atoms. The molecule has 34 heavy (non-hydrogen) atoms. The van der Waals surface area contributed by atoms with E-state index in [0.29, 0.717) is 41.7 Å². The summed E-state index contributed by atoms with van der Waals surface area (Å²) in [5.74, 6) is 0.755. The second-order valence-corrected chi connectivity index (χ2v) is 8.98. The minimum Gasteiger partial charge on any atom is -0.493 e. The van der Waals surface area contributed by atoms with E-state index in [2.05, 4.69) is 27.6 Å². The number of nitrogens with one attached hydrogen (secondary N) is 2. The number of carbonyl (C=O) groups is 2. The van der Waals surface area contributed by atoms with Crippen LogP contribution in [-0.2, 0) is 14.3 Å². The maximum absolute atomic E-state index is 12.9. The number of aldehydes is 1. The maximum Gasteiger partial charge on any atom is 0.244 e. The van der Waals surface area contributed by atoms with E-state index in [1.54, 1.807) is 18.2 Å². The number of allylic oxidation sites excluding steroid dienone is 2. The highest BCUT2D eigenvalue weighted by molar-refractivity contribution is 6.31. The van der Waals surface area contributed by atoms with Crippen molar-refractivity contribution < 1.29 is 19.1 Å². The molecule has 1 heterocycles. The normalized spacial score (nSPS) is 22.2. The largest absolute Gasteiger partial charge is 0.493 e. The van der Waals surface area contributed by atoms with Crippen molar-refractivity contribution >= 4 is 36.4 Å². The number of hydrogen-bond acceptors (Lipinski definition) is 7. The molecule has 1 aromatic carbocycles. The third-order valence-corrected chi connectivity index (χ3v) is 6.37. The monoisotopic (exact) mass is 488 g/mol. The van der Waals surface area contributed by atoms with Crippen molar-refractivity contribution in [2.75, 3.05) is 19.8 Å². The Bertz CT molecular complexity index is 939. The van der Waals surface area contributed by atoms with Gasteiger partial charge in [-0.1, -0.05) is 18.0 Å². The van der Waals surface area contributed by atoms with Crippen molar-refractivity contribution in [3.8, 4) is 5.75 Å². The Balaban J connectivity index is 1.63. The molecule has 2 N–H and O–H groups in total. The Morgan fingerprint density at radius 3 is 2.88 bits per heavy atom. The molecule has 0 radical (unpaired) electrons. The fraction of sp³-hybridized carbons (Fsp3) is 0.520. The summed E-state index contributed by atoms with van der Waals surface area (Å²) in [6.07, 6.45) is 6.91. The number of carbonyl (C=O) groups excluding carboxylic acids is 2. The average molecular weight is 489 g/mol. The van der Waals surface area contributed by atoms with Gasteiger partial charge in [-0.25, -0.2) is 0 Å². The minimum atomic E-state index is -0.176. The van der Waals surface area contributed by atoms with E-state index in [9.17, 15) is 9.59 Å². The molecule has 2 fully saturated rings. The van der Waals surface area contributed by atoms with Gasteiger partial charge in [-0.05, 0) is 69.6 Å². The van der Waals surface area contributed by atoms with Gasteiger partial charge in [0.2, 0.25) is 11.8 Å². The first-order valence-corrected chi connectivity index (χ1v) is 12.3. The van der Waals surface area contributed by atoms with Gasteiger partial charge in [0.1, 0.15) is 11.4 Å². The Labute approximate surface area is 205 Å². The van der Waals surface area contributed by atoms with Crippen molar-refractivity contribution in [2.24, 2.45) is 22.0 Å². The molecule has 2 aliphatic rings. The van der Waals surface area contributed by atoms with Crippen LogP contribution < -0.4 is 15.4 Å². The molecular weight excluding hydrogens is 456 g/mol. The van der Waals surface area contributed by atoms with Gasteiger partial charge < -0.3 is 20.1 Å². The third-order valence-electron chi connectivity index (χ3n) is 6.14. The lowest BCUT2D eigenvalue weighted by atomic mass is 9.81. The van der Waals surface area contributed by atoms with Gasteiger partial charge in [-0.15, -0.1) is 5.10 Å². The molecule has 1 aliphatic carbocycles. The summed E-state index contributed by atoms with van der Waals surface area (Å²) in [5.41, 5.74) is 1.79. The molecule has 1 aliphatic heterocycles. The highest BCUT2D eigenvalue weighted by atomic mass is 35.5. The zero-order chi connectivity index (χ0) is 24.3. The molecule has 184 valence electrons. The molecule has 3 rings (SSSR count). The lowest BCUT2D eigenvalue weighted by Crippen LogP contribution is -2.37. The molecule has 1 aromatic rings. The topological polar surface area (TPSA) is 101 Å². The number of hydrogen-bond donors (Lipinski definition) is 2. The summed E-state index contributed by atoms with van der Waals surface area (Å²) in [5, 5.41) is 14.3. The molecule has 2 unspecified atom stereocenters. The van der Waals surface area contributed by atoms with E-state index < -0.39 is 0 Å². The van der Waals surface area contributed by atoms with Crippen molar-refractivity contribution in [2.45, 2.75) is 51.9 Å². The molecular formula is C25H33ClN4O4. The summed E-state index contributed by atoms with van der Waals surface area (Å²) in [4.78, 5) is 24.5. The first-order valence-electron chi connectivity index (χ1n) is 11.9. The first kappa shape index (κ1) is 25.7. The van der Waals surface area contributed by atoms with Crippen LogP contribution in [0.4, 0.5) is 0 Å². The van der Waals surface area contributed by atoms with E-state index >= 15 is 0 Å². The number of rotatable bonds is 9. The molecule has 8 nitrogen and oxygen atoms in total. The number of amides is 1. The molecule has 2 atom stereocenters. The maximum atomic E-state index is 12.9. The van der Waals surface area contributed by atoms with Crippen molar-refractivity contribution in [1.82, 2.24) is 10.6 Å². The fourth-order valence-corrected chi connectivity index (χ4v) is 4.62. The van der Waals surface area contributed by atoms with Crippen LogP contribution in [0.3, 0.4) is 0 Å². The SMILES string of the molecule is C=N/N=C(\OCC1CCCC(C(=O)N/C(C=O)=C2\CCCCN2)C1)c1cc(Cl)ccc1OCC. The lowest BCUT2D eigenvalue weighted by Gasteiger charge is -2.29. The minimum absolute atomic E-state index is 0.109. The van der Waals surface area contributed by atoms with Crippen LogP contribution in [-0.4, -0.2) is 44.6 Å². The van der Waals surface area contributed by atoms with Gasteiger partial charge >= 0.3 is 0 Å². The zero-order valence-electron chi connectivity index (χ0n) is 19.6.